The van der Waals surface area contributed by atoms with Gasteiger partial charge in [-0.05, 0) is 63.2 Å². The summed E-state index contributed by atoms with van der Waals surface area (Å²) < 4.78 is 0. The first-order chi connectivity index (χ1) is 16.4. The summed E-state index contributed by atoms with van der Waals surface area (Å²) in [6.07, 6.45) is 10.9. The molecule has 5 nitrogen and oxygen atoms in total. The van der Waals surface area contributed by atoms with E-state index in [1.54, 1.807) is 0 Å². The van der Waals surface area contributed by atoms with Crippen LogP contribution in [-0.2, 0) is 0 Å². The second-order valence-corrected chi connectivity index (χ2v) is 10.3. The van der Waals surface area contributed by atoms with Crippen LogP contribution in [0.25, 0.3) is 0 Å². The normalized spacial score (nSPS) is 15.1. The molecule has 0 aliphatic carbocycles. The topological polar surface area (TPSA) is 101 Å². The molecule has 0 radical (unpaired) electrons. The van der Waals surface area contributed by atoms with Crippen molar-refractivity contribution in [1.29, 1.82) is 0 Å². The molecule has 0 bridgehead atoms. The van der Waals surface area contributed by atoms with Crippen LogP contribution < -0.4 is 0 Å². The quantitative estimate of drug-likeness (QED) is 0.170. The molecule has 0 saturated heterocycles. The Morgan fingerprint density at radius 1 is 0.514 bits per heavy atom. The van der Waals surface area contributed by atoms with Crippen molar-refractivity contribution in [2.45, 2.75) is 153 Å². The lowest BCUT2D eigenvalue weighted by Crippen LogP contribution is -2.11. The van der Waals surface area contributed by atoms with E-state index in [0.29, 0.717) is 43.5 Å². The zero-order chi connectivity index (χ0) is 28.7. The first-order valence-corrected chi connectivity index (χ1v) is 14.6. The molecule has 220 valence electrons. The minimum atomic E-state index is -0.130. The van der Waals surface area contributed by atoms with Crippen LogP contribution in [0, 0.1) is 23.7 Å². The maximum absolute atomic E-state index is 8.95. The van der Waals surface area contributed by atoms with E-state index in [2.05, 4.69) is 55.4 Å². The third-order valence-corrected chi connectivity index (χ3v) is 5.96. The van der Waals surface area contributed by atoms with Gasteiger partial charge >= 0.3 is 0 Å². The van der Waals surface area contributed by atoms with Crippen molar-refractivity contribution in [3.63, 3.8) is 0 Å². The third-order valence-electron chi connectivity index (χ3n) is 5.96. The highest BCUT2D eigenvalue weighted by Crippen LogP contribution is 2.08. The van der Waals surface area contributed by atoms with Gasteiger partial charge < -0.3 is 25.5 Å². The second kappa shape index (κ2) is 38.3. The Balaban J connectivity index is -0.000000107. The molecule has 5 N–H and O–H groups in total. The molecule has 0 aromatic rings. The lowest BCUT2D eigenvalue weighted by molar-refractivity contribution is 0.129. The van der Waals surface area contributed by atoms with Crippen molar-refractivity contribution in [3.8, 4) is 0 Å². The zero-order valence-electron chi connectivity index (χ0n) is 25.9. The van der Waals surface area contributed by atoms with Crippen molar-refractivity contribution in [3.05, 3.63) is 0 Å². The summed E-state index contributed by atoms with van der Waals surface area (Å²) in [5.41, 5.74) is 0. The van der Waals surface area contributed by atoms with Gasteiger partial charge in [0.2, 0.25) is 0 Å². The van der Waals surface area contributed by atoms with Crippen molar-refractivity contribution in [2.75, 3.05) is 19.8 Å². The van der Waals surface area contributed by atoms with Gasteiger partial charge in [0.15, 0.2) is 0 Å². The standard InChI is InChI=1S/C7H16O.3C6H14O.C5H12O/c1-4-5-6(2)7(3)8;1-3-6(2)4-5-7;1-3-4-6(2)5-7;1-3-4-5-6(2)7;1-3-5(2)4-6/h6-8H,4-5H2,1-3H3;3*6-7H,3-5H2,1-2H3;5-6H,3-4H2,1-2H3. The van der Waals surface area contributed by atoms with Crippen LogP contribution in [-0.4, -0.2) is 57.6 Å². The van der Waals surface area contributed by atoms with Gasteiger partial charge in [-0.1, -0.05) is 101 Å². The molecule has 0 heterocycles. The lowest BCUT2D eigenvalue weighted by Gasteiger charge is -2.11. The molecule has 0 saturated carbocycles. The van der Waals surface area contributed by atoms with E-state index in [-0.39, 0.29) is 12.2 Å². The molecule has 0 aliphatic rings. The summed E-state index contributed by atoms with van der Waals surface area (Å²) in [6, 6.07) is 0. The van der Waals surface area contributed by atoms with Gasteiger partial charge in [0.25, 0.3) is 0 Å². The fourth-order valence-corrected chi connectivity index (χ4v) is 2.33. The van der Waals surface area contributed by atoms with Crippen LogP contribution in [0.4, 0.5) is 0 Å². The van der Waals surface area contributed by atoms with Gasteiger partial charge in [0.1, 0.15) is 0 Å². The van der Waals surface area contributed by atoms with Crippen LogP contribution >= 0.6 is 0 Å². The maximum atomic E-state index is 8.95. The van der Waals surface area contributed by atoms with Gasteiger partial charge in [-0.3, -0.25) is 0 Å². The van der Waals surface area contributed by atoms with Gasteiger partial charge in [0, 0.05) is 19.8 Å². The lowest BCUT2D eigenvalue weighted by atomic mass is 10.0. The Kier molecular flexibility index (Phi) is 49.0. The summed E-state index contributed by atoms with van der Waals surface area (Å²) in [6.45, 7) is 23.6. The van der Waals surface area contributed by atoms with Crippen LogP contribution in [0.2, 0.25) is 0 Å². The van der Waals surface area contributed by atoms with E-state index < -0.39 is 0 Å². The van der Waals surface area contributed by atoms with E-state index in [4.69, 9.17) is 25.5 Å². The third kappa shape index (κ3) is 55.6. The monoisotopic (exact) mass is 511 g/mol. The highest BCUT2D eigenvalue weighted by molar-refractivity contribution is 4.56. The van der Waals surface area contributed by atoms with E-state index in [9.17, 15) is 0 Å². The molecule has 0 rings (SSSR count). The summed E-state index contributed by atoms with van der Waals surface area (Å²) in [4.78, 5) is 0. The highest BCUT2D eigenvalue weighted by atomic mass is 16.3. The SMILES string of the molecule is CCC(C)CCO.CCC(C)CO.CCCC(C)C(C)O.CCCC(C)CO.CCCCC(C)O. The van der Waals surface area contributed by atoms with Crippen LogP contribution in [0.1, 0.15) is 140 Å². The van der Waals surface area contributed by atoms with Gasteiger partial charge in [-0.2, -0.15) is 0 Å². The number of aliphatic hydroxyl groups excluding tert-OH is 5. The summed E-state index contributed by atoms with van der Waals surface area (Å²) in [5.74, 6) is 2.17. The van der Waals surface area contributed by atoms with Crippen LogP contribution in [0.15, 0.2) is 0 Å². The van der Waals surface area contributed by atoms with Crippen molar-refractivity contribution < 1.29 is 25.5 Å². The molecule has 0 aliphatic heterocycles. The maximum Gasteiger partial charge on any atom is 0.0537 e. The predicted molar refractivity (Wildman–Crippen MR) is 156 cm³/mol. The zero-order valence-corrected chi connectivity index (χ0v) is 25.9. The number of hydrogen-bond acceptors (Lipinski definition) is 5. The molecule has 0 aromatic heterocycles. The molecule has 0 spiro atoms. The van der Waals surface area contributed by atoms with Crippen molar-refractivity contribution in [2.24, 2.45) is 23.7 Å². The van der Waals surface area contributed by atoms with Gasteiger partial charge in [-0.25, -0.2) is 0 Å². The first kappa shape index (κ1) is 44.8. The second-order valence-electron chi connectivity index (χ2n) is 10.3. The average Bonchev–Trinajstić information content (AvgIpc) is 2.84. The summed E-state index contributed by atoms with van der Waals surface area (Å²) >= 11 is 0. The van der Waals surface area contributed by atoms with E-state index in [1.165, 1.54) is 25.7 Å². The Morgan fingerprint density at radius 2 is 0.971 bits per heavy atom. The fraction of sp³-hybridized carbons (Fsp3) is 1.00. The summed E-state index contributed by atoms with van der Waals surface area (Å²) in [7, 11) is 0. The molecule has 0 fully saturated rings. The van der Waals surface area contributed by atoms with Crippen molar-refractivity contribution in [1.82, 2.24) is 0 Å². The van der Waals surface area contributed by atoms with Crippen LogP contribution in [0.3, 0.4) is 0 Å². The Labute approximate surface area is 221 Å². The molecule has 0 amide bonds. The van der Waals surface area contributed by atoms with Crippen LogP contribution in [0.5, 0.6) is 0 Å². The molecule has 6 atom stereocenters. The Hall–Kier alpha value is -0.200. The molecule has 6 unspecified atom stereocenters. The summed E-state index contributed by atoms with van der Waals surface area (Å²) in [5, 5.41) is 42.8. The number of unbranched alkanes of at least 4 members (excludes halogenated alkanes) is 1. The minimum Gasteiger partial charge on any atom is -0.396 e. The predicted octanol–water partition coefficient (Wildman–Crippen LogP) is 7.22. The van der Waals surface area contributed by atoms with E-state index in [0.717, 1.165) is 38.5 Å². The average molecular weight is 511 g/mol. The minimum absolute atomic E-state index is 0.0973. The molecular formula is C30H70O5. The first-order valence-electron chi connectivity index (χ1n) is 14.6. The Bertz CT molecular complexity index is 308. The molecule has 35 heavy (non-hydrogen) atoms. The molecular weight excluding hydrogens is 440 g/mol. The number of rotatable bonds is 14. The number of aliphatic hydroxyl groups is 5. The fourth-order valence-electron chi connectivity index (χ4n) is 2.33. The molecule has 0 aromatic carbocycles. The largest absolute Gasteiger partial charge is 0.396 e. The van der Waals surface area contributed by atoms with Gasteiger partial charge in [0.05, 0.1) is 12.2 Å². The smallest absolute Gasteiger partial charge is 0.0537 e. The van der Waals surface area contributed by atoms with E-state index >= 15 is 0 Å². The highest BCUT2D eigenvalue weighted by Gasteiger charge is 2.05. The van der Waals surface area contributed by atoms with Gasteiger partial charge in [-0.15, -0.1) is 0 Å². The Morgan fingerprint density at radius 3 is 1.09 bits per heavy atom. The van der Waals surface area contributed by atoms with Crippen molar-refractivity contribution >= 4 is 0 Å². The number of hydrogen-bond donors (Lipinski definition) is 5. The van der Waals surface area contributed by atoms with E-state index in [1.807, 2.05) is 20.8 Å². The molecule has 5 heteroatoms.